The van der Waals surface area contributed by atoms with Gasteiger partial charge in [0.25, 0.3) is 5.91 Å². The van der Waals surface area contributed by atoms with E-state index in [0.29, 0.717) is 16.7 Å². The molecule has 1 aliphatic rings. The zero-order chi connectivity index (χ0) is 14.5. The van der Waals surface area contributed by atoms with E-state index in [1.54, 1.807) is 0 Å². The molecule has 1 atom stereocenters. The van der Waals surface area contributed by atoms with Crippen LogP contribution < -0.4 is 5.32 Å². The van der Waals surface area contributed by atoms with Crippen molar-refractivity contribution in [1.29, 1.82) is 0 Å². The van der Waals surface area contributed by atoms with Crippen LogP contribution >= 0.6 is 11.5 Å². The maximum atomic E-state index is 12.0. The van der Waals surface area contributed by atoms with Crippen LogP contribution in [0.2, 0.25) is 0 Å². The van der Waals surface area contributed by atoms with E-state index in [4.69, 9.17) is 0 Å². The third kappa shape index (κ3) is 4.24. The summed E-state index contributed by atoms with van der Waals surface area (Å²) in [6.07, 6.45) is 2.43. The fourth-order valence-electron chi connectivity index (χ4n) is 2.76. The number of rotatable bonds is 5. The highest BCUT2D eigenvalue weighted by molar-refractivity contribution is 7.07. The predicted molar refractivity (Wildman–Crippen MR) is 81.0 cm³/mol. The fraction of sp³-hybridized carbons (Fsp3) is 0.786. The van der Waals surface area contributed by atoms with Gasteiger partial charge in [0.05, 0.1) is 5.69 Å². The molecule has 1 aliphatic heterocycles. The van der Waals surface area contributed by atoms with Crippen molar-refractivity contribution >= 4 is 17.4 Å². The van der Waals surface area contributed by atoms with E-state index in [1.165, 1.54) is 30.9 Å². The van der Waals surface area contributed by atoms with Gasteiger partial charge in [-0.25, -0.2) is 0 Å². The molecule has 5 nitrogen and oxygen atoms in total. The number of aryl methyl sites for hydroxylation is 1. The molecule has 2 heterocycles. The van der Waals surface area contributed by atoms with Crippen molar-refractivity contribution < 1.29 is 4.79 Å². The Kier molecular flexibility index (Phi) is 5.48. The summed E-state index contributed by atoms with van der Waals surface area (Å²) >= 11 is 1.17. The van der Waals surface area contributed by atoms with Crippen LogP contribution in [0.3, 0.4) is 0 Å². The topological polar surface area (TPSA) is 58.1 Å². The SMILES string of the molecule is Cc1nnsc1C(=O)NC[C@H]1CCCN(CC(C)C)C1. The summed E-state index contributed by atoms with van der Waals surface area (Å²) < 4.78 is 3.80. The van der Waals surface area contributed by atoms with E-state index < -0.39 is 0 Å². The summed E-state index contributed by atoms with van der Waals surface area (Å²) in [6, 6.07) is 0. The zero-order valence-electron chi connectivity index (χ0n) is 12.6. The summed E-state index contributed by atoms with van der Waals surface area (Å²) in [4.78, 5) is 15.2. The summed E-state index contributed by atoms with van der Waals surface area (Å²) in [6.45, 7) is 10.5. The Labute approximate surface area is 124 Å². The van der Waals surface area contributed by atoms with Crippen molar-refractivity contribution in [3.05, 3.63) is 10.6 Å². The molecule has 0 aliphatic carbocycles. The molecule has 1 aromatic heterocycles. The smallest absolute Gasteiger partial charge is 0.264 e. The highest BCUT2D eigenvalue weighted by atomic mass is 32.1. The van der Waals surface area contributed by atoms with Gasteiger partial charge in [0.15, 0.2) is 0 Å². The van der Waals surface area contributed by atoms with Gasteiger partial charge in [-0.1, -0.05) is 18.3 Å². The molecule has 0 aromatic carbocycles. The van der Waals surface area contributed by atoms with Crippen LogP contribution in [-0.4, -0.2) is 46.6 Å². The minimum absolute atomic E-state index is 0.0292. The number of piperidine rings is 1. The third-order valence-electron chi connectivity index (χ3n) is 3.64. The van der Waals surface area contributed by atoms with Crippen LogP contribution in [-0.2, 0) is 0 Å². The van der Waals surface area contributed by atoms with Crippen LogP contribution in [0.1, 0.15) is 42.1 Å². The highest BCUT2D eigenvalue weighted by Crippen LogP contribution is 2.17. The Morgan fingerprint density at radius 3 is 3.00 bits per heavy atom. The van der Waals surface area contributed by atoms with Gasteiger partial charge in [-0.2, -0.15) is 0 Å². The summed E-state index contributed by atoms with van der Waals surface area (Å²) in [5.74, 6) is 1.24. The van der Waals surface area contributed by atoms with Crippen molar-refractivity contribution in [2.45, 2.75) is 33.6 Å². The van der Waals surface area contributed by atoms with Crippen molar-refractivity contribution in [1.82, 2.24) is 19.8 Å². The van der Waals surface area contributed by atoms with Crippen LogP contribution in [0.4, 0.5) is 0 Å². The zero-order valence-corrected chi connectivity index (χ0v) is 13.4. The van der Waals surface area contributed by atoms with Crippen molar-refractivity contribution in [2.24, 2.45) is 11.8 Å². The van der Waals surface area contributed by atoms with Gasteiger partial charge in [-0.05, 0) is 49.7 Å². The Morgan fingerprint density at radius 2 is 2.35 bits per heavy atom. The largest absolute Gasteiger partial charge is 0.351 e. The quantitative estimate of drug-likeness (QED) is 0.902. The maximum Gasteiger partial charge on any atom is 0.264 e. The molecule has 1 aromatic rings. The molecule has 2 rings (SSSR count). The van der Waals surface area contributed by atoms with Gasteiger partial charge in [0.1, 0.15) is 4.88 Å². The monoisotopic (exact) mass is 296 g/mol. The van der Waals surface area contributed by atoms with Gasteiger partial charge in [0, 0.05) is 19.6 Å². The molecular formula is C14H24N4OS. The Hall–Kier alpha value is -1.01. The molecule has 20 heavy (non-hydrogen) atoms. The molecule has 0 radical (unpaired) electrons. The second kappa shape index (κ2) is 7.13. The number of nitrogens with zero attached hydrogens (tertiary/aromatic N) is 3. The molecular weight excluding hydrogens is 272 g/mol. The lowest BCUT2D eigenvalue weighted by Crippen LogP contribution is -2.42. The molecule has 0 spiro atoms. The average Bonchev–Trinajstić information content (AvgIpc) is 2.82. The number of hydrogen-bond acceptors (Lipinski definition) is 5. The molecule has 1 fully saturated rings. The van der Waals surface area contributed by atoms with E-state index in [0.717, 1.165) is 25.3 Å². The van der Waals surface area contributed by atoms with Crippen LogP contribution in [0, 0.1) is 18.8 Å². The lowest BCUT2D eigenvalue weighted by Gasteiger charge is -2.33. The second-order valence-corrected chi connectivity index (χ2v) is 6.81. The third-order valence-corrected chi connectivity index (χ3v) is 4.46. The van der Waals surface area contributed by atoms with Crippen molar-refractivity contribution in [2.75, 3.05) is 26.2 Å². The standard InChI is InChI=1S/C14H24N4OS/c1-10(2)8-18-6-4-5-12(9-18)7-15-14(19)13-11(3)16-17-20-13/h10,12H,4-9H2,1-3H3,(H,15,19)/t12-/m1/s1. The molecule has 1 amide bonds. The number of carbonyl (C=O) groups is 1. The Morgan fingerprint density at radius 1 is 1.55 bits per heavy atom. The highest BCUT2D eigenvalue weighted by Gasteiger charge is 2.21. The molecule has 0 saturated carbocycles. The predicted octanol–water partition coefficient (Wildman–Crippen LogP) is 1.94. The van der Waals surface area contributed by atoms with E-state index in [1.807, 2.05) is 6.92 Å². The first kappa shape index (κ1) is 15.4. The van der Waals surface area contributed by atoms with Gasteiger partial charge in [-0.3, -0.25) is 4.79 Å². The lowest BCUT2D eigenvalue weighted by molar-refractivity contribution is 0.0932. The van der Waals surface area contributed by atoms with Gasteiger partial charge < -0.3 is 10.2 Å². The van der Waals surface area contributed by atoms with Crippen molar-refractivity contribution in [3.8, 4) is 0 Å². The summed E-state index contributed by atoms with van der Waals surface area (Å²) in [5, 5.41) is 6.91. The molecule has 1 saturated heterocycles. The minimum Gasteiger partial charge on any atom is -0.351 e. The minimum atomic E-state index is -0.0292. The first-order chi connectivity index (χ1) is 9.56. The van der Waals surface area contributed by atoms with Gasteiger partial charge in [-0.15, -0.1) is 5.10 Å². The van der Waals surface area contributed by atoms with E-state index >= 15 is 0 Å². The van der Waals surface area contributed by atoms with Crippen LogP contribution in [0.15, 0.2) is 0 Å². The molecule has 112 valence electrons. The van der Waals surface area contributed by atoms with E-state index in [9.17, 15) is 4.79 Å². The Balaban J connectivity index is 1.79. The summed E-state index contributed by atoms with van der Waals surface area (Å²) in [7, 11) is 0. The molecule has 0 unspecified atom stereocenters. The normalized spacial score (nSPS) is 20.3. The number of nitrogens with one attached hydrogen (secondary N) is 1. The lowest BCUT2D eigenvalue weighted by atomic mass is 9.97. The number of hydrogen-bond donors (Lipinski definition) is 1. The van der Waals surface area contributed by atoms with Crippen LogP contribution in [0.5, 0.6) is 0 Å². The van der Waals surface area contributed by atoms with E-state index in [2.05, 4.69) is 33.7 Å². The average molecular weight is 296 g/mol. The van der Waals surface area contributed by atoms with Gasteiger partial charge in [0.2, 0.25) is 0 Å². The maximum absolute atomic E-state index is 12.0. The van der Waals surface area contributed by atoms with Crippen molar-refractivity contribution in [3.63, 3.8) is 0 Å². The fourth-order valence-corrected chi connectivity index (χ4v) is 3.33. The first-order valence-electron chi connectivity index (χ1n) is 7.35. The number of carbonyl (C=O) groups excluding carboxylic acids is 1. The van der Waals surface area contributed by atoms with E-state index in [-0.39, 0.29) is 5.91 Å². The summed E-state index contributed by atoms with van der Waals surface area (Å²) in [5.41, 5.74) is 0.720. The van der Waals surface area contributed by atoms with Gasteiger partial charge >= 0.3 is 0 Å². The second-order valence-electron chi connectivity index (χ2n) is 6.06. The molecule has 1 N–H and O–H groups in total. The first-order valence-corrected chi connectivity index (χ1v) is 8.13. The molecule has 6 heteroatoms. The number of likely N-dealkylation sites (tertiary alicyclic amines) is 1. The Bertz CT molecular complexity index is 446. The number of aromatic nitrogens is 2. The molecule has 0 bridgehead atoms. The number of amides is 1. The van der Waals surface area contributed by atoms with Crippen LogP contribution in [0.25, 0.3) is 0 Å².